The molecule has 7 nitrogen and oxygen atoms in total. The molecule has 7 heteroatoms. The molecular weight excluding hydrogens is 328 g/mol. The molecule has 1 saturated heterocycles. The number of aromatic nitrogens is 5. The molecule has 3 aromatic rings. The van der Waals surface area contributed by atoms with Gasteiger partial charge in [-0.3, -0.25) is 9.88 Å². The van der Waals surface area contributed by atoms with Crippen LogP contribution in [0.5, 0.6) is 0 Å². The maximum atomic E-state index is 5.43. The normalized spacial score (nSPS) is 16.4. The van der Waals surface area contributed by atoms with Crippen LogP contribution in [0.25, 0.3) is 11.4 Å². The van der Waals surface area contributed by atoms with Gasteiger partial charge in [0.15, 0.2) is 0 Å². The third-order valence-corrected chi connectivity index (χ3v) is 4.97. The number of piperidine rings is 1. The standard InChI is InChI=1S/C19H24N6O/c1-14(2)25-12-9-21-19(25)16-5-10-24(11-6-16)13-17-22-18(23-26-17)15-3-7-20-8-4-15/h3-4,7-9,12,14,16H,5-6,10-11,13H2,1-2H3. The van der Waals surface area contributed by atoms with Crippen molar-refractivity contribution in [3.05, 3.63) is 48.6 Å². The van der Waals surface area contributed by atoms with E-state index in [9.17, 15) is 0 Å². The van der Waals surface area contributed by atoms with Crippen LogP contribution >= 0.6 is 0 Å². The molecule has 0 N–H and O–H groups in total. The summed E-state index contributed by atoms with van der Waals surface area (Å²) in [7, 11) is 0. The third kappa shape index (κ3) is 3.53. The lowest BCUT2D eigenvalue weighted by molar-refractivity contribution is 0.177. The van der Waals surface area contributed by atoms with E-state index in [0.717, 1.165) is 31.5 Å². The van der Waals surface area contributed by atoms with Crippen molar-refractivity contribution in [3.8, 4) is 11.4 Å². The number of nitrogens with zero attached hydrogens (tertiary/aromatic N) is 6. The second-order valence-corrected chi connectivity index (χ2v) is 7.08. The lowest BCUT2D eigenvalue weighted by atomic mass is 9.95. The first-order valence-corrected chi connectivity index (χ1v) is 9.19. The van der Waals surface area contributed by atoms with Gasteiger partial charge in [0.25, 0.3) is 0 Å². The van der Waals surface area contributed by atoms with Crippen molar-refractivity contribution in [1.29, 1.82) is 0 Å². The molecule has 4 heterocycles. The van der Waals surface area contributed by atoms with Crippen LogP contribution in [-0.4, -0.2) is 42.7 Å². The largest absolute Gasteiger partial charge is 0.338 e. The van der Waals surface area contributed by atoms with E-state index in [1.54, 1.807) is 12.4 Å². The molecule has 0 atom stereocenters. The molecule has 1 fully saturated rings. The van der Waals surface area contributed by atoms with Crippen LogP contribution in [0.1, 0.15) is 50.4 Å². The quantitative estimate of drug-likeness (QED) is 0.701. The Balaban J connectivity index is 1.36. The van der Waals surface area contributed by atoms with Crippen molar-refractivity contribution in [2.45, 2.75) is 45.2 Å². The van der Waals surface area contributed by atoms with Crippen molar-refractivity contribution in [3.63, 3.8) is 0 Å². The molecule has 0 spiro atoms. The lowest BCUT2D eigenvalue weighted by Gasteiger charge is -2.31. The molecular formula is C19H24N6O. The highest BCUT2D eigenvalue weighted by Crippen LogP contribution is 2.29. The van der Waals surface area contributed by atoms with Gasteiger partial charge in [-0.1, -0.05) is 5.16 Å². The predicted molar refractivity (Wildman–Crippen MR) is 97.4 cm³/mol. The minimum absolute atomic E-state index is 0.454. The third-order valence-electron chi connectivity index (χ3n) is 4.97. The monoisotopic (exact) mass is 352 g/mol. The number of hydrogen-bond acceptors (Lipinski definition) is 6. The zero-order valence-electron chi connectivity index (χ0n) is 15.2. The molecule has 0 unspecified atom stereocenters. The highest BCUT2D eigenvalue weighted by atomic mass is 16.5. The first kappa shape index (κ1) is 16.9. The van der Waals surface area contributed by atoms with E-state index in [1.165, 1.54) is 5.82 Å². The van der Waals surface area contributed by atoms with E-state index < -0.39 is 0 Å². The second-order valence-electron chi connectivity index (χ2n) is 7.08. The highest BCUT2D eigenvalue weighted by molar-refractivity contribution is 5.52. The first-order valence-electron chi connectivity index (χ1n) is 9.19. The average Bonchev–Trinajstić information content (AvgIpc) is 3.33. The predicted octanol–water partition coefficient (Wildman–Crippen LogP) is 3.29. The zero-order valence-corrected chi connectivity index (χ0v) is 15.2. The summed E-state index contributed by atoms with van der Waals surface area (Å²) in [6.07, 6.45) is 9.69. The van der Waals surface area contributed by atoms with Crippen molar-refractivity contribution < 1.29 is 4.52 Å². The summed E-state index contributed by atoms with van der Waals surface area (Å²) in [5.41, 5.74) is 0.925. The Kier molecular flexibility index (Phi) is 4.79. The van der Waals surface area contributed by atoms with Crippen LogP contribution in [0, 0.1) is 0 Å². The second kappa shape index (κ2) is 7.37. The van der Waals surface area contributed by atoms with E-state index in [2.05, 4.69) is 49.6 Å². The van der Waals surface area contributed by atoms with E-state index in [1.807, 2.05) is 18.3 Å². The Morgan fingerprint density at radius 3 is 2.65 bits per heavy atom. The molecule has 26 heavy (non-hydrogen) atoms. The fourth-order valence-electron chi connectivity index (χ4n) is 3.56. The van der Waals surface area contributed by atoms with Gasteiger partial charge in [-0.25, -0.2) is 4.98 Å². The number of hydrogen-bond donors (Lipinski definition) is 0. The summed E-state index contributed by atoms with van der Waals surface area (Å²) < 4.78 is 7.72. The van der Waals surface area contributed by atoms with Crippen LogP contribution in [0.2, 0.25) is 0 Å². The van der Waals surface area contributed by atoms with E-state index in [4.69, 9.17) is 4.52 Å². The van der Waals surface area contributed by atoms with Crippen molar-refractivity contribution in [2.75, 3.05) is 13.1 Å². The molecule has 136 valence electrons. The number of imidazole rings is 1. The fourth-order valence-corrected chi connectivity index (χ4v) is 3.56. The Hall–Kier alpha value is -2.54. The first-order chi connectivity index (χ1) is 12.7. The number of likely N-dealkylation sites (tertiary alicyclic amines) is 1. The summed E-state index contributed by atoms with van der Waals surface area (Å²) in [5.74, 6) is 3.03. The average molecular weight is 352 g/mol. The maximum absolute atomic E-state index is 5.43. The minimum atomic E-state index is 0.454. The highest BCUT2D eigenvalue weighted by Gasteiger charge is 2.25. The van der Waals surface area contributed by atoms with Gasteiger partial charge in [0.2, 0.25) is 11.7 Å². The van der Waals surface area contributed by atoms with Gasteiger partial charge in [0.1, 0.15) is 5.82 Å². The van der Waals surface area contributed by atoms with Gasteiger partial charge in [0, 0.05) is 42.3 Å². The maximum Gasteiger partial charge on any atom is 0.241 e. The zero-order chi connectivity index (χ0) is 17.9. The molecule has 4 rings (SSSR count). The minimum Gasteiger partial charge on any atom is -0.338 e. The summed E-state index contributed by atoms with van der Waals surface area (Å²) in [6.45, 7) is 7.14. The van der Waals surface area contributed by atoms with Gasteiger partial charge in [-0.2, -0.15) is 4.98 Å². The van der Waals surface area contributed by atoms with Crippen LogP contribution < -0.4 is 0 Å². The van der Waals surface area contributed by atoms with E-state index >= 15 is 0 Å². The lowest BCUT2D eigenvalue weighted by Crippen LogP contribution is -2.33. The van der Waals surface area contributed by atoms with Crippen LogP contribution in [-0.2, 0) is 6.54 Å². The number of pyridine rings is 1. The topological polar surface area (TPSA) is 72.9 Å². The van der Waals surface area contributed by atoms with Gasteiger partial charge in [-0.15, -0.1) is 0 Å². The summed E-state index contributed by atoms with van der Waals surface area (Å²) in [6, 6.07) is 4.23. The molecule has 1 aliphatic rings. The molecule has 0 aromatic carbocycles. The van der Waals surface area contributed by atoms with Gasteiger partial charge in [0.05, 0.1) is 6.54 Å². The Labute approximate surface area is 153 Å². The van der Waals surface area contributed by atoms with Gasteiger partial charge >= 0.3 is 0 Å². The Morgan fingerprint density at radius 1 is 1.15 bits per heavy atom. The molecule has 0 amide bonds. The fraction of sp³-hybridized carbons (Fsp3) is 0.474. The molecule has 3 aromatic heterocycles. The molecule has 0 saturated carbocycles. The molecule has 0 aliphatic carbocycles. The smallest absolute Gasteiger partial charge is 0.241 e. The van der Waals surface area contributed by atoms with Crippen LogP contribution in [0.3, 0.4) is 0 Å². The molecule has 0 radical (unpaired) electrons. The van der Waals surface area contributed by atoms with Crippen molar-refractivity contribution in [2.24, 2.45) is 0 Å². The summed E-state index contributed by atoms with van der Waals surface area (Å²) in [5, 5.41) is 4.08. The van der Waals surface area contributed by atoms with Gasteiger partial charge < -0.3 is 9.09 Å². The Morgan fingerprint density at radius 2 is 1.92 bits per heavy atom. The van der Waals surface area contributed by atoms with E-state index in [0.29, 0.717) is 30.2 Å². The van der Waals surface area contributed by atoms with Crippen LogP contribution in [0.4, 0.5) is 0 Å². The number of rotatable bonds is 5. The summed E-state index contributed by atoms with van der Waals surface area (Å²) in [4.78, 5) is 15.5. The SMILES string of the molecule is CC(C)n1ccnc1C1CCN(Cc2nc(-c3ccncc3)no2)CC1. The molecule has 0 bridgehead atoms. The van der Waals surface area contributed by atoms with Crippen molar-refractivity contribution >= 4 is 0 Å². The van der Waals surface area contributed by atoms with Crippen LogP contribution in [0.15, 0.2) is 41.4 Å². The van der Waals surface area contributed by atoms with Crippen molar-refractivity contribution in [1.82, 2.24) is 29.6 Å². The van der Waals surface area contributed by atoms with E-state index in [-0.39, 0.29) is 0 Å². The Bertz CT molecular complexity index is 833. The summed E-state index contributed by atoms with van der Waals surface area (Å²) >= 11 is 0. The van der Waals surface area contributed by atoms with Gasteiger partial charge in [-0.05, 0) is 51.9 Å². The molecule has 1 aliphatic heterocycles.